The summed E-state index contributed by atoms with van der Waals surface area (Å²) in [5.74, 6) is -3.09. The lowest BCUT2D eigenvalue weighted by Gasteiger charge is -2.14. The SMILES string of the molecule is C[C@@H](O)CNCC(F)(F)CO. The predicted molar refractivity (Wildman–Crippen MR) is 36.6 cm³/mol. The monoisotopic (exact) mass is 169 g/mol. The number of hydrogen-bond acceptors (Lipinski definition) is 3. The van der Waals surface area contributed by atoms with Crippen molar-refractivity contribution in [1.82, 2.24) is 5.32 Å². The Bertz CT molecular complexity index is 109. The van der Waals surface area contributed by atoms with Gasteiger partial charge in [0.2, 0.25) is 0 Å². The van der Waals surface area contributed by atoms with Gasteiger partial charge >= 0.3 is 0 Å². The zero-order valence-electron chi connectivity index (χ0n) is 6.35. The Morgan fingerprint density at radius 2 is 2.09 bits per heavy atom. The molecule has 0 aliphatic rings. The third kappa shape index (κ3) is 6.15. The van der Waals surface area contributed by atoms with Crippen molar-refractivity contribution >= 4 is 0 Å². The highest BCUT2D eigenvalue weighted by Crippen LogP contribution is 2.09. The van der Waals surface area contributed by atoms with Gasteiger partial charge < -0.3 is 15.5 Å². The van der Waals surface area contributed by atoms with Gasteiger partial charge in [-0.05, 0) is 6.92 Å². The summed E-state index contributed by atoms with van der Waals surface area (Å²) < 4.78 is 24.4. The van der Waals surface area contributed by atoms with Crippen LogP contribution in [0.4, 0.5) is 8.78 Å². The Labute approximate surface area is 64.0 Å². The van der Waals surface area contributed by atoms with Crippen LogP contribution in [0, 0.1) is 0 Å². The number of alkyl halides is 2. The second-order valence-electron chi connectivity index (χ2n) is 2.49. The summed E-state index contributed by atoms with van der Waals surface area (Å²) in [5.41, 5.74) is 0. The highest BCUT2D eigenvalue weighted by Gasteiger charge is 2.26. The molecule has 0 aliphatic heterocycles. The van der Waals surface area contributed by atoms with Crippen LogP contribution < -0.4 is 5.32 Å². The van der Waals surface area contributed by atoms with Crippen molar-refractivity contribution in [1.29, 1.82) is 0 Å². The number of aliphatic hydroxyl groups excluding tert-OH is 2. The van der Waals surface area contributed by atoms with Crippen molar-refractivity contribution in [3.63, 3.8) is 0 Å². The topological polar surface area (TPSA) is 52.5 Å². The molecule has 0 heterocycles. The van der Waals surface area contributed by atoms with Crippen molar-refractivity contribution in [2.24, 2.45) is 0 Å². The van der Waals surface area contributed by atoms with Crippen LogP contribution in [0.2, 0.25) is 0 Å². The molecule has 0 saturated carbocycles. The average molecular weight is 169 g/mol. The summed E-state index contributed by atoms with van der Waals surface area (Å²) >= 11 is 0. The molecule has 3 nitrogen and oxygen atoms in total. The second-order valence-corrected chi connectivity index (χ2v) is 2.49. The summed E-state index contributed by atoms with van der Waals surface area (Å²) in [6.07, 6.45) is -0.649. The predicted octanol–water partition coefficient (Wildman–Crippen LogP) is -0.416. The van der Waals surface area contributed by atoms with Gasteiger partial charge in [-0.2, -0.15) is 0 Å². The molecule has 0 rings (SSSR count). The fraction of sp³-hybridized carbons (Fsp3) is 1.00. The van der Waals surface area contributed by atoms with E-state index in [-0.39, 0.29) is 6.54 Å². The third-order valence-corrected chi connectivity index (χ3v) is 1.05. The maximum atomic E-state index is 12.2. The van der Waals surface area contributed by atoms with Crippen molar-refractivity contribution in [3.05, 3.63) is 0 Å². The summed E-state index contributed by atoms with van der Waals surface area (Å²) in [4.78, 5) is 0. The smallest absolute Gasteiger partial charge is 0.282 e. The number of nitrogens with one attached hydrogen (secondary N) is 1. The van der Waals surface area contributed by atoms with E-state index in [0.29, 0.717) is 0 Å². The standard InChI is InChI=1S/C6H13F2NO2/c1-5(11)2-9-3-6(7,8)4-10/h5,9-11H,2-4H2,1H3/t5-/m1/s1. The van der Waals surface area contributed by atoms with Crippen LogP contribution in [0.15, 0.2) is 0 Å². The first kappa shape index (κ1) is 10.7. The molecule has 0 aliphatic carbocycles. The molecule has 11 heavy (non-hydrogen) atoms. The normalized spacial score (nSPS) is 15.0. The Morgan fingerprint density at radius 1 is 1.55 bits per heavy atom. The zero-order chi connectivity index (χ0) is 8.91. The number of halogens is 2. The molecule has 0 aromatic rings. The van der Waals surface area contributed by atoms with E-state index in [1.54, 1.807) is 0 Å². The lowest BCUT2D eigenvalue weighted by atomic mass is 10.3. The first-order chi connectivity index (χ1) is 4.98. The van der Waals surface area contributed by atoms with E-state index in [2.05, 4.69) is 5.32 Å². The second kappa shape index (κ2) is 4.58. The van der Waals surface area contributed by atoms with Crippen LogP contribution in [-0.4, -0.2) is 41.9 Å². The van der Waals surface area contributed by atoms with E-state index >= 15 is 0 Å². The molecular formula is C6H13F2NO2. The Hall–Kier alpha value is -0.260. The van der Waals surface area contributed by atoms with Gasteiger partial charge in [-0.25, -0.2) is 8.78 Å². The molecule has 3 N–H and O–H groups in total. The molecule has 0 amide bonds. The van der Waals surface area contributed by atoms with Gasteiger partial charge in [0.15, 0.2) is 0 Å². The van der Waals surface area contributed by atoms with Gasteiger partial charge in [-0.1, -0.05) is 0 Å². The molecule has 1 atom stereocenters. The van der Waals surface area contributed by atoms with E-state index in [1.165, 1.54) is 6.92 Å². The largest absolute Gasteiger partial charge is 0.392 e. The van der Waals surface area contributed by atoms with Crippen molar-refractivity contribution in [2.75, 3.05) is 19.7 Å². The van der Waals surface area contributed by atoms with Gasteiger partial charge in [0.05, 0.1) is 12.6 Å². The zero-order valence-corrected chi connectivity index (χ0v) is 6.35. The Kier molecular flexibility index (Phi) is 4.48. The van der Waals surface area contributed by atoms with Crippen LogP contribution in [0.1, 0.15) is 6.92 Å². The summed E-state index contributed by atoms with van der Waals surface area (Å²) in [5, 5.41) is 19.1. The van der Waals surface area contributed by atoms with E-state index in [1.807, 2.05) is 0 Å². The van der Waals surface area contributed by atoms with E-state index < -0.39 is 25.2 Å². The maximum absolute atomic E-state index is 12.2. The van der Waals surface area contributed by atoms with Gasteiger partial charge in [0.1, 0.15) is 6.61 Å². The number of rotatable bonds is 5. The van der Waals surface area contributed by atoms with Crippen LogP contribution in [0.5, 0.6) is 0 Å². The molecule has 0 radical (unpaired) electrons. The summed E-state index contributed by atoms with van der Waals surface area (Å²) in [7, 11) is 0. The molecule has 0 aromatic carbocycles. The third-order valence-electron chi connectivity index (χ3n) is 1.05. The van der Waals surface area contributed by atoms with Crippen LogP contribution in [0.25, 0.3) is 0 Å². The molecule has 68 valence electrons. The van der Waals surface area contributed by atoms with Crippen LogP contribution in [0.3, 0.4) is 0 Å². The van der Waals surface area contributed by atoms with Crippen molar-refractivity contribution in [3.8, 4) is 0 Å². The van der Waals surface area contributed by atoms with Gasteiger partial charge in [-0.15, -0.1) is 0 Å². The lowest BCUT2D eigenvalue weighted by molar-refractivity contribution is -0.0486. The van der Waals surface area contributed by atoms with Crippen molar-refractivity contribution < 1.29 is 19.0 Å². The Morgan fingerprint density at radius 3 is 2.45 bits per heavy atom. The molecule has 0 bridgehead atoms. The molecule has 0 aromatic heterocycles. The highest BCUT2D eigenvalue weighted by molar-refractivity contribution is 4.68. The minimum atomic E-state index is -3.09. The minimum absolute atomic E-state index is 0.107. The van der Waals surface area contributed by atoms with Crippen LogP contribution in [-0.2, 0) is 0 Å². The fourth-order valence-electron chi connectivity index (χ4n) is 0.520. The molecule has 0 saturated heterocycles. The van der Waals surface area contributed by atoms with Gasteiger partial charge in [0.25, 0.3) is 5.92 Å². The first-order valence-electron chi connectivity index (χ1n) is 3.35. The lowest BCUT2D eigenvalue weighted by Crippen LogP contribution is -2.38. The summed E-state index contributed by atoms with van der Waals surface area (Å²) in [6, 6.07) is 0. The van der Waals surface area contributed by atoms with Crippen LogP contribution >= 0.6 is 0 Å². The highest BCUT2D eigenvalue weighted by atomic mass is 19.3. The molecule has 0 fully saturated rings. The average Bonchev–Trinajstić information content (AvgIpc) is 1.87. The van der Waals surface area contributed by atoms with E-state index in [0.717, 1.165) is 0 Å². The maximum Gasteiger partial charge on any atom is 0.282 e. The van der Waals surface area contributed by atoms with E-state index in [9.17, 15) is 8.78 Å². The molecular weight excluding hydrogens is 156 g/mol. The van der Waals surface area contributed by atoms with Gasteiger partial charge in [-0.3, -0.25) is 0 Å². The minimum Gasteiger partial charge on any atom is -0.392 e. The first-order valence-corrected chi connectivity index (χ1v) is 3.35. The van der Waals surface area contributed by atoms with Crippen molar-refractivity contribution in [2.45, 2.75) is 19.0 Å². The Balaban J connectivity index is 3.38. The molecule has 5 heteroatoms. The van der Waals surface area contributed by atoms with Gasteiger partial charge in [0, 0.05) is 6.54 Å². The molecule has 0 unspecified atom stereocenters. The van der Waals surface area contributed by atoms with E-state index in [4.69, 9.17) is 10.2 Å². The fourth-order valence-corrected chi connectivity index (χ4v) is 0.520. The summed E-state index contributed by atoms with van der Waals surface area (Å²) in [6.45, 7) is -0.173. The number of hydrogen-bond donors (Lipinski definition) is 3. The molecule has 0 spiro atoms. The number of aliphatic hydroxyl groups is 2. The quantitative estimate of drug-likeness (QED) is 0.524.